The second-order valence-corrected chi connectivity index (χ2v) is 10.6. The van der Waals surface area contributed by atoms with E-state index in [4.69, 9.17) is 0 Å². The first kappa shape index (κ1) is 26.5. The van der Waals surface area contributed by atoms with Crippen molar-refractivity contribution in [3.63, 3.8) is 0 Å². The molecule has 8 heteroatoms. The number of aryl methyl sites for hydroxylation is 4. The fourth-order valence-corrected chi connectivity index (χ4v) is 4.83. The van der Waals surface area contributed by atoms with Crippen molar-refractivity contribution >= 4 is 28.3 Å². The van der Waals surface area contributed by atoms with Crippen molar-refractivity contribution in [3.05, 3.63) is 101 Å². The summed E-state index contributed by atoms with van der Waals surface area (Å²) in [7, 11) is -3.76. The van der Waals surface area contributed by atoms with Crippen molar-refractivity contribution in [2.24, 2.45) is 0 Å². The molecule has 0 saturated heterocycles. The first-order chi connectivity index (χ1) is 17.4. The zero-order chi connectivity index (χ0) is 27.0. The Bertz CT molecular complexity index is 1500. The lowest BCUT2D eigenvalue weighted by molar-refractivity contribution is -0.0500. The van der Waals surface area contributed by atoms with Crippen LogP contribution in [0.25, 0.3) is 22.3 Å². The van der Waals surface area contributed by atoms with E-state index in [1.807, 2.05) is 39.3 Å². The molecule has 4 aromatic rings. The Hall–Kier alpha value is -3.52. The molecule has 0 heterocycles. The first-order valence-corrected chi connectivity index (χ1v) is 13.0. The third-order valence-electron chi connectivity index (χ3n) is 6.26. The molecule has 0 unspecified atom stereocenters. The number of hydrogen-bond donors (Lipinski definition) is 0. The van der Waals surface area contributed by atoms with Gasteiger partial charge in [-0.15, -0.1) is 0 Å². The quantitative estimate of drug-likeness (QED) is 0.174. The molecule has 0 spiro atoms. The predicted molar refractivity (Wildman–Crippen MR) is 143 cm³/mol. The van der Waals surface area contributed by atoms with E-state index in [1.165, 1.54) is 12.1 Å². The highest BCUT2D eigenvalue weighted by atomic mass is 32.2. The summed E-state index contributed by atoms with van der Waals surface area (Å²) < 4.78 is 65.2. The van der Waals surface area contributed by atoms with Crippen LogP contribution in [-0.4, -0.2) is 21.2 Å². The number of benzene rings is 4. The molecule has 0 saturated carbocycles. The minimum atomic E-state index is -5.73. The largest absolute Gasteiger partial charge is 0.534 e. The molecular weight excluding hydrogens is 496 g/mol. The molecule has 0 aromatic heterocycles. The summed E-state index contributed by atoms with van der Waals surface area (Å²) >= 11 is 0. The third-order valence-corrected chi connectivity index (χ3v) is 7.24. The van der Waals surface area contributed by atoms with Gasteiger partial charge in [0.1, 0.15) is 5.75 Å². The normalized spacial score (nSPS) is 11.9. The Balaban J connectivity index is 1.59. The van der Waals surface area contributed by atoms with Crippen LogP contribution in [0.2, 0.25) is 0 Å². The standard InChI is InChI=1S/C29H25BF3O3S/c1-18-14-25(24-12-10-23(11-13-24)22-8-6-5-7-9-22)15-19(2)27(18)30-28-20(3)16-26(17-21(28)4)36-37(34,35)29(31,32)33/h5-17H,1-4H3. The molecule has 37 heavy (non-hydrogen) atoms. The predicted octanol–water partition coefficient (Wildman–Crippen LogP) is 6.14. The van der Waals surface area contributed by atoms with Crippen molar-refractivity contribution in [1.82, 2.24) is 0 Å². The van der Waals surface area contributed by atoms with Gasteiger partial charge in [0.15, 0.2) is 7.28 Å². The lowest BCUT2D eigenvalue weighted by atomic mass is 9.58. The SMILES string of the molecule is Cc1cc(OS(=O)(=O)C(F)(F)F)cc(C)c1[B]c1c(C)cc(-c2ccc(-c3ccccc3)cc2)cc1C. The van der Waals surface area contributed by atoms with Gasteiger partial charge in [-0.25, -0.2) is 0 Å². The van der Waals surface area contributed by atoms with Crippen LogP contribution in [0.4, 0.5) is 13.2 Å². The molecule has 0 aliphatic rings. The van der Waals surface area contributed by atoms with Crippen LogP contribution in [0.5, 0.6) is 5.75 Å². The second-order valence-electron chi connectivity index (χ2n) is 9.07. The summed E-state index contributed by atoms with van der Waals surface area (Å²) in [5.41, 5.74) is 4.07. The Labute approximate surface area is 216 Å². The number of alkyl halides is 3. The zero-order valence-corrected chi connectivity index (χ0v) is 21.7. The number of rotatable bonds is 6. The van der Waals surface area contributed by atoms with Gasteiger partial charge in [0, 0.05) is 0 Å². The summed E-state index contributed by atoms with van der Waals surface area (Å²) in [4.78, 5) is 0. The molecule has 3 nitrogen and oxygen atoms in total. The van der Waals surface area contributed by atoms with Crippen molar-refractivity contribution in [3.8, 4) is 28.0 Å². The molecule has 0 aliphatic heterocycles. The van der Waals surface area contributed by atoms with E-state index in [1.54, 1.807) is 13.8 Å². The van der Waals surface area contributed by atoms with Gasteiger partial charge in [-0.1, -0.05) is 99.9 Å². The molecule has 4 aromatic carbocycles. The van der Waals surface area contributed by atoms with Gasteiger partial charge in [-0.3, -0.25) is 0 Å². The molecule has 189 valence electrons. The molecule has 0 aliphatic carbocycles. The van der Waals surface area contributed by atoms with E-state index in [2.05, 4.69) is 52.7 Å². The van der Waals surface area contributed by atoms with Crippen LogP contribution >= 0.6 is 0 Å². The third kappa shape index (κ3) is 5.75. The summed E-state index contributed by atoms with van der Waals surface area (Å²) in [6.07, 6.45) is 0. The Kier molecular flexibility index (Phi) is 7.24. The molecule has 0 amide bonds. The molecule has 4 rings (SSSR count). The smallest absolute Gasteiger partial charge is 0.376 e. The van der Waals surface area contributed by atoms with Crippen LogP contribution in [-0.2, 0) is 10.1 Å². The summed E-state index contributed by atoms with van der Waals surface area (Å²) in [5, 5.41) is 0. The second kappa shape index (κ2) is 10.1. The van der Waals surface area contributed by atoms with Gasteiger partial charge < -0.3 is 4.18 Å². The van der Waals surface area contributed by atoms with Crippen LogP contribution in [0.15, 0.2) is 78.9 Å². The summed E-state index contributed by atoms with van der Waals surface area (Å²) in [6.45, 7) is 7.44. The van der Waals surface area contributed by atoms with E-state index >= 15 is 0 Å². The van der Waals surface area contributed by atoms with Crippen LogP contribution < -0.4 is 15.1 Å². The molecule has 0 bridgehead atoms. The average Bonchev–Trinajstić information content (AvgIpc) is 2.82. The molecule has 0 N–H and O–H groups in total. The lowest BCUT2D eigenvalue weighted by Gasteiger charge is -2.17. The first-order valence-electron chi connectivity index (χ1n) is 11.6. The topological polar surface area (TPSA) is 43.4 Å². The van der Waals surface area contributed by atoms with Crippen LogP contribution in [0.3, 0.4) is 0 Å². The van der Waals surface area contributed by atoms with Crippen molar-refractivity contribution in [2.75, 3.05) is 0 Å². The maximum absolute atomic E-state index is 12.7. The van der Waals surface area contributed by atoms with Crippen molar-refractivity contribution in [1.29, 1.82) is 0 Å². The fourth-order valence-electron chi connectivity index (χ4n) is 4.38. The highest BCUT2D eigenvalue weighted by Crippen LogP contribution is 2.28. The van der Waals surface area contributed by atoms with E-state index in [0.717, 1.165) is 44.3 Å². The van der Waals surface area contributed by atoms with E-state index in [9.17, 15) is 21.6 Å². The van der Waals surface area contributed by atoms with E-state index < -0.39 is 15.6 Å². The van der Waals surface area contributed by atoms with Crippen molar-refractivity contribution < 1.29 is 25.8 Å². The van der Waals surface area contributed by atoms with Crippen LogP contribution in [0, 0.1) is 27.7 Å². The summed E-state index contributed by atoms with van der Waals surface area (Å²) in [6, 6.07) is 25.4. The van der Waals surface area contributed by atoms with Gasteiger partial charge in [0.25, 0.3) is 0 Å². The minimum Gasteiger partial charge on any atom is -0.376 e. The van der Waals surface area contributed by atoms with Gasteiger partial charge >= 0.3 is 15.6 Å². The average molecular weight is 521 g/mol. The molecule has 0 atom stereocenters. The van der Waals surface area contributed by atoms with Gasteiger partial charge in [0.2, 0.25) is 0 Å². The van der Waals surface area contributed by atoms with Gasteiger partial charge in [0.05, 0.1) is 0 Å². The Morgan fingerprint density at radius 1 is 0.622 bits per heavy atom. The number of halogens is 3. The van der Waals surface area contributed by atoms with Gasteiger partial charge in [-0.05, 0) is 62.1 Å². The minimum absolute atomic E-state index is 0.368. The maximum Gasteiger partial charge on any atom is 0.534 e. The van der Waals surface area contributed by atoms with E-state index in [0.29, 0.717) is 11.1 Å². The van der Waals surface area contributed by atoms with Crippen molar-refractivity contribution in [2.45, 2.75) is 33.2 Å². The van der Waals surface area contributed by atoms with Crippen LogP contribution in [0.1, 0.15) is 22.3 Å². The fraction of sp³-hybridized carbons (Fsp3) is 0.172. The number of hydrogen-bond acceptors (Lipinski definition) is 3. The Morgan fingerprint density at radius 3 is 1.49 bits per heavy atom. The van der Waals surface area contributed by atoms with Gasteiger partial charge in [-0.2, -0.15) is 21.6 Å². The zero-order valence-electron chi connectivity index (χ0n) is 20.8. The van der Waals surface area contributed by atoms with E-state index in [-0.39, 0.29) is 5.75 Å². The lowest BCUT2D eigenvalue weighted by Crippen LogP contribution is -2.35. The molecular formula is C29H25BF3O3S. The Morgan fingerprint density at radius 2 is 1.03 bits per heavy atom. The maximum atomic E-state index is 12.7. The molecule has 0 fully saturated rings. The molecule has 1 radical (unpaired) electrons. The highest BCUT2D eigenvalue weighted by molar-refractivity contribution is 7.88. The monoisotopic (exact) mass is 521 g/mol. The summed E-state index contributed by atoms with van der Waals surface area (Å²) in [5.74, 6) is -0.368. The highest BCUT2D eigenvalue weighted by Gasteiger charge is 2.48.